The van der Waals surface area contributed by atoms with E-state index < -0.39 is 0 Å². The van der Waals surface area contributed by atoms with Crippen LogP contribution in [0.15, 0.2) is 22.3 Å². The van der Waals surface area contributed by atoms with E-state index in [0.29, 0.717) is 11.4 Å². The molecule has 1 saturated heterocycles. The van der Waals surface area contributed by atoms with Gasteiger partial charge in [-0.15, -0.1) is 11.3 Å². The van der Waals surface area contributed by atoms with Crippen molar-refractivity contribution in [1.82, 2.24) is 19.1 Å². The molecule has 3 aromatic rings. The van der Waals surface area contributed by atoms with Gasteiger partial charge in [-0.2, -0.15) is 5.10 Å². The number of thiophene rings is 1. The van der Waals surface area contributed by atoms with Crippen molar-refractivity contribution in [3.05, 3.63) is 33.7 Å². The Morgan fingerprint density at radius 1 is 1.46 bits per heavy atom. The first-order valence-corrected chi connectivity index (χ1v) is 9.16. The van der Waals surface area contributed by atoms with Crippen LogP contribution < -0.4 is 5.56 Å². The minimum Gasteiger partial charge on any atom is -0.341 e. The first-order valence-electron chi connectivity index (χ1n) is 8.29. The fourth-order valence-corrected chi connectivity index (χ4v) is 4.49. The van der Waals surface area contributed by atoms with Gasteiger partial charge < -0.3 is 4.90 Å². The summed E-state index contributed by atoms with van der Waals surface area (Å²) in [5, 5.41) is 7.42. The average molecular weight is 344 g/mol. The van der Waals surface area contributed by atoms with E-state index in [-0.39, 0.29) is 18.0 Å². The molecule has 1 fully saturated rings. The predicted octanol–water partition coefficient (Wildman–Crippen LogP) is 2.28. The third-order valence-corrected chi connectivity index (χ3v) is 5.66. The van der Waals surface area contributed by atoms with Gasteiger partial charge in [-0.1, -0.05) is 6.92 Å². The van der Waals surface area contributed by atoms with Gasteiger partial charge in [-0.05, 0) is 43.2 Å². The number of fused-ring (bicyclic) bond motifs is 3. The lowest BCUT2D eigenvalue weighted by Gasteiger charge is -2.31. The van der Waals surface area contributed by atoms with Crippen LogP contribution in [0.1, 0.15) is 25.6 Å². The van der Waals surface area contributed by atoms with Gasteiger partial charge in [-0.3, -0.25) is 14.0 Å². The van der Waals surface area contributed by atoms with Gasteiger partial charge in [0.05, 0.1) is 0 Å². The summed E-state index contributed by atoms with van der Waals surface area (Å²) in [6.45, 7) is 5.60. The summed E-state index contributed by atoms with van der Waals surface area (Å²) in [6, 6.07) is 3.88. The normalized spacial score (nSPS) is 18.6. The van der Waals surface area contributed by atoms with Gasteiger partial charge in [0.25, 0.3) is 5.56 Å². The number of aromatic nitrogens is 3. The van der Waals surface area contributed by atoms with Crippen LogP contribution in [0.3, 0.4) is 0 Å². The quantitative estimate of drug-likeness (QED) is 0.716. The molecule has 0 aromatic carbocycles. The molecule has 0 spiro atoms. The summed E-state index contributed by atoms with van der Waals surface area (Å²) in [5.74, 6) is 1.23. The number of amides is 1. The van der Waals surface area contributed by atoms with Gasteiger partial charge in [-0.25, -0.2) is 4.68 Å². The molecule has 0 aliphatic carbocycles. The van der Waals surface area contributed by atoms with Crippen molar-refractivity contribution in [3.8, 4) is 0 Å². The lowest BCUT2D eigenvalue weighted by molar-refractivity contribution is -0.133. The van der Waals surface area contributed by atoms with Crippen LogP contribution in [0.5, 0.6) is 0 Å². The Hall–Kier alpha value is -2.15. The zero-order valence-electron chi connectivity index (χ0n) is 13.9. The van der Waals surface area contributed by atoms with Crippen molar-refractivity contribution >= 4 is 33.0 Å². The summed E-state index contributed by atoms with van der Waals surface area (Å²) < 4.78 is 3.20. The second-order valence-electron chi connectivity index (χ2n) is 6.64. The molecule has 1 aliphatic rings. The van der Waals surface area contributed by atoms with Crippen molar-refractivity contribution in [2.45, 2.75) is 33.2 Å². The number of carbonyl (C=O) groups is 1. The second-order valence-corrected chi connectivity index (χ2v) is 7.54. The topological polar surface area (TPSA) is 59.6 Å². The Balaban J connectivity index is 1.70. The van der Waals surface area contributed by atoms with Crippen molar-refractivity contribution in [3.63, 3.8) is 0 Å². The fourth-order valence-electron chi connectivity index (χ4n) is 3.55. The molecule has 0 bridgehead atoms. The molecule has 1 aliphatic heterocycles. The molecule has 126 valence electrons. The predicted molar refractivity (Wildman–Crippen MR) is 94.6 cm³/mol. The highest BCUT2D eigenvalue weighted by molar-refractivity contribution is 7.16. The summed E-state index contributed by atoms with van der Waals surface area (Å²) in [7, 11) is 0. The fraction of sp³-hybridized carbons (Fsp3) is 0.471. The number of likely N-dealkylation sites (tertiary alicyclic amines) is 1. The highest BCUT2D eigenvalue weighted by Gasteiger charge is 2.22. The first kappa shape index (κ1) is 15.4. The average Bonchev–Trinajstić information content (AvgIpc) is 3.13. The minimum atomic E-state index is -0.206. The molecular formula is C17H20N4O2S. The number of nitrogens with zero attached hydrogens (tertiary/aromatic N) is 4. The van der Waals surface area contributed by atoms with Gasteiger partial charge in [0, 0.05) is 18.5 Å². The van der Waals surface area contributed by atoms with Crippen LogP contribution >= 0.6 is 11.3 Å². The van der Waals surface area contributed by atoms with Gasteiger partial charge in [0.15, 0.2) is 0 Å². The van der Waals surface area contributed by atoms with Gasteiger partial charge in [0.2, 0.25) is 5.91 Å². The lowest BCUT2D eigenvalue weighted by atomic mass is 10.0. The Kier molecular flexibility index (Phi) is 3.68. The Labute approximate surface area is 143 Å². The standard InChI is InChI=1S/C17H20N4O2S/c1-11-4-3-6-19(9-11)15(22)10-20-16(23)14-8-13-5-7-24-17(13)21(14)12(2)18-20/h5,7-8,11H,3-4,6,9-10H2,1-2H3. The highest BCUT2D eigenvalue weighted by atomic mass is 32.1. The van der Waals surface area contributed by atoms with Crippen LogP contribution in [0, 0.1) is 12.8 Å². The monoisotopic (exact) mass is 344 g/mol. The largest absolute Gasteiger partial charge is 0.341 e. The second kappa shape index (κ2) is 5.73. The molecule has 0 radical (unpaired) electrons. The van der Waals surface area contributed by atoms with Crippen LogP contribution in [-0.4, -0.2) is 38.1 Å². The summed E-state index contributed by atoms with van der Waals surface area (Å²) in [4.78, 5) is 28.2. The van der Waals surface area contributed by atoms with E-state index in [1.54, 1.807) is 11.3 Å². The van der Waals surface area contributed by atoms with Crippen LogP contribution in [0.2, 0.25) is 0 Å². The van der Waals surface area contributed by atoms with E-state index in [2.05, 4.69) is 12.0 Å². The van der Waals surface area contributed by atoms with E-state index in [0.717, 1.165) is 42.0 Å². The molecule has 0 saturated carbocycles. The molecule has 4 heterocycles. The zero-order valence-corrected chi connectivity index (χ0v) is 14.7. The number of hydrogen-bond donors (Lipinski definition) is 0. The van der Waals surface area contributed by atoms with Gasteiger partial charge >= 0.3 is 0 Å². The van der Waals surface area contributed by atoms with Crippen LogP contribution in [-0.2, 0) is 11.3 Å². The molecule has 1 atom stereocenters. The smallest absolute Gasteiger partial charge is 0.291 e. The SMILES string of the molecule is Cc1nn(CC(=O)N2CCCC(C)C2)c(=O)c2cc3ccsc3n12. The molecular weight excluding hydrogens is 324 g/mol. The molecule has 1 amide bonds. The maximum Gasteiger partial charge on any atom is 0.291 e. The third-order valence-electron chi connectivity index (χ3n) is 4.75. The Bertz CT molecular complexity index is 984. The summed E-state index contributed by atoms with van der Waals surface area (Å²) >= 11 is 1.59. The third kappa shape index (κ3) is 2.43. The van der Waals surface area contributed by atoms with Crippen molar-refractivity contribution in [2.24, 2.45) is 5.92 Å². The maximum atomic E-state index is 12.7. The lowest BCUT2D eigenvalue weighted by Crippen LogP contribution is -2.42. The molecule has 3 aromatic heterocycles. The summed E-state index contributed by atoms with van der Waals surface area (Å²) in [5.41, 5.74) is 0.381. The van der Waals surface area contributed by atoms with Crippen molar-refractivity contribution in [2.75, 3.05) is 13.1 Å². The molecule has 1 unspecified atom stereocenters. The van der Waals surface area contributed by atoms with Crippen LogP contribution in [0.25, 0.3) is 15.7 Å². The number of rotatable bonds is 2. The van der Waals surface area contributed by atoms with Crippen molar-refractivity contribution < 1.29 is 4.79 Å². The number of carbonyl (C=O) groups excluding carboxylic acids is 1. The van der Waals surface area contributed by atoms with Gasteiger partial charge in [0.1, 0.15) is 22.7 Å². The van der Waals surface area contributed by atoms with E-state index in [1.165, 1.54) is 4.68 Å². The first-order chi connectivity index (χ1) is 11.5. The maximum absolute atomic E-state index is 12.7. The van der Waals surface area contributed by atoms with E-state index >= 15 is 0 Å². The van der Waals surface area contributed by atoms with E-state index in [4.69, 9.17) is 0 Å². The minimum absolute atomic E-state index is 0.0156. The van der Waals surface area contributed by atoms with Crippen molar-refractivity contribution in [1.29, 1.82) is 0 Å². The Morgan fingerprint density at radius 2 is 2.29 bits per heavy atom. The number of piperidine rings is 1. The Morgan fingerprint density at radius 3 is 3.08 bits per heavy atom. The molecule has 6 nitrogen and oxygen atoms in total. The molecule has 7 heteroatoms. The van der Waals surface area contributed by atoms with E-state index in [1.807, 2.05) is 33.7 Å². The molecule has 4 rings (SSSR count). The molecule has 24 heavy (non-hydrogen) atoms. The number of aryl methyl sites for hydroxylation is 1. The highest BCUT2D eigenvalue weighted by Crippen LogP contribution is 2.24. The van der Waals surface area contributed by atoms with Crippen LogP contribution in [0.4, 0.5) is 0 Å². The summed E-state index contributed by atoms with van der Waals surface area (Å²) in [6.07, 6.45) is 2.19. The zero-order chi connectivity index (χ0) is 16.8. The molecule has 0 N–H and O–H groups in total. The van der Waals surface area contributed by atoms with E-state index in [9.17, 15) is 9.59 Å². The number of hydrogen-bond acceptors (Lipinski definition) is 4.